The van der Waals surface area contributed by atoms with Crippen molar-refractivity contribution in [1.29, 1.82) is 0 Å². The van der Waals surface area contributed by atoms with E-state index in [0.29, 0.717) is 18.3 Å². The van der Waals surface area contributed by atoms with Crippen molar-refractivity contribution in [2.45, 2.75) is 25.8 Å². The van der Waals surface area contributed by atoms with Gasteiger partial charge in [0, 0.05) is 24.2 Å². The Morgan fingerprint density at radius 2 is 2.26 bits per heavy atom. The van der Waals surface area contributed by atoms with E-state index in [-0.39, 0.29) is 11.5 Å². The molecule has 0 unspecified atom stereocenters. The molecule has 2 aromatic heterocycles. The molecule has 1 aromatic carbocycles. The Kier molecular flexibility index (Phi) is 3.46. The highest BCUT2D eigenvalue weighted by molar-refractivity contribution is 5.78. The predicted molar refractivity (Wildman–Crippen MR) is 86.2 cm³/mol. The van der Waals surface area contributed by atoms with Gasteiger partial charge in [-0.15, -0.1) is 0 Å². The fourth-order valence-corrected chi connectivity index (χ4v) is 3.21. The van der Waals surface area contributed by atoms with Crippen LogP contribution in [0.5, 0.6) is 0 Å². The molecule has 3 aromatic rings. The van der Waals surface area contributed by atoms with Crippen LogP contribution in [0.4, 0.5) is 0 Å². The second-order valence-corrected chi connectivity index (χ2v) is 6.11. The maximum Gasteiger partial charge on any atom is 0.252 e. The molecule has 0 spiro atoms. The molecule has 4 rings (SSSR count). The van der Waals surface area contributed by atoms with Crippen LogP contribution >= 0.6 is 0 Å². The minimum atomic E-state index is -0.0132. The highest BCUT2D eigenvalue weighted by Crippen LogP contribution is 2.26. The van der Waals surface area contributed by atoms with Crippen LogP contribution in [0.15, 0.2) is 39.6 Å². The van der Waals surface area contributed by atoms with E-state index in [9.17, 15) is 4.79 Å². The summed E-state index contributed by atoms with van der Waals surface area (Å²) in [4.78, 5) is 21.8. The van der Waals surface area contributed by atoms with Gasteiger partial charge >= 0.3 is 0 Å². The van der Waals surface area contributed by atoms with Crippen LogP contribution in [0.1, 0.15) is 29.6 Å². The highest BCUT2D eigenvalue weighted by Gasteiger charge is 2.28. The summed E-state index contributed by atoms with van der Waals surface area (Å²) in [6.45, 7) is 4.24. The van der Waals surface area contributed by atoms with Crippen molar-refractivity contribution in [3.8, 4) is 0 Å². The lowest BCUT2D eigenvalue weighted by Gasteiger charge is -2.15. The van der Waals surface area contributed by atoms with E-state index < -0.39 is 0 Å². The van der Waals surface area contributed by atoms with Gasteiger partial charge in [-0.1, -0.05) is 23.4 Å². The van der Waals surface area contributed by atoms with Gasteiger partial charge in [0.15, 0.2) is 5.82 Å². The molecule has 1 saturated heterocycles. The molecule has 6 nitrogen and oxygen atoms in total. The first-order valence-corrected chi connectivity index (χ1v) is 7.82. The first-order valence-electron chi connectivity index (χ1n) is 7.82. The van der Waals surface area contributed by atoms with Gasteiger partial charge < -0.3 is 9.51 Å². The second kappa shape index (κ2) is 5.62. The molecule has 0 aliphatic carbocycles. The Labute approximate surface area is 133 Å². The normalized spacial score (nSPS) is 18.7. The summed E-state index contributed by atoms with van der Waals surface area (Å²) >= 11 is 0. The van der Waals surface area contributed by atoms with Crippen LogP contribution in [-0.4, -0.2) is 33.1 Å². The number of nitrogens with one attached hydrogen (secondary N) is 1. The average molecular weight is 310 g/mol. The molecule has 3 heterocycles. The van der Waals surface area contributed by atoms with E-state index in [0.717, 1.165) is 36.0 Å². The molecule has 1 atom stereocenters. The Morgan fingerprint density at radius 3 is 3.09 bits per heavy atom. The zero-order valence-corrected chi connectivity index (χ0v) is 13.0. The van der Waals surface area contributed by atoms with Gasteiger partial charge in [0.25, 0.3) is 5.56 Å². The number of benzene rings is 1. The topological polar surface area (TPSA) is 75.0 Å². The molecular formula is C17H18N4O2. The zero-order valence-electron chi connectivity index (χ0n) is 13.0. The number of nitrogens with zero attached hydrogens (tertiary/aromatic N) is 3. The predicted octanol–water partition coefficient (Wildman–Crippen LogP) is 2.21. The fourth-order valence-electron chi connectivity index (χ4n) is 3.21. The molecule has 1 N–H and O–H groups in total. The Balaban J connectivity index is 1.53. The molecule has 118 valence electrons. The molecule has 6 heteroatoms. The van der Waals surface area contributed by atoms with Gasteiger partial charge in [0.05, 0.1) is 5.92 Å². The molecule has 0 radical (unpaired) electrons. The molecule has 0 bridgehead atoms. The summed E-state index contributed by atoms with van der Waals surface area (Å²) in [5.41, 5.74) is 1.66. The monoisotopic (exact) mass is 310 g/mol. The van der Waals surface area contributed by atoms with Crippen LogP contribution in [0, 0.1) is 6.92 Å². The van der Waals surface area contributed by atoms with Crippen molar-refractivity contribution in [2.75, 3.05) is 13.1 Å². The summed E-state index contributed by atoms with van der Waals surface area (Å²) in [6, 6.07) is 9.83. The number of hydrogen-bond donors (Lipinski definition) is 1. The van der Waals surface area contributed by atoms with Crippen molar-refractivity contribution in [1.82, 2.24) is 20.0 Å². The Morgan fingerprint density at radius 1 is 1.39 bits per heavy atom. The molecule has 23 heavy (non-hydrogen) atoms. The summed E-state index contributed by atoms with van der Waals surface area (Å²) in [5.74, 6) is 1.64. The number of aromatic amines is 1. The third-order valence-electron chi connectivity index (χ3n) is 4.39. The number of pyridine rings is 1. The highest BCUT2D eigenvalue weighted by atomic mass is 16.5. The third-order valence-corrected chi connectivity index (χ3v) is 4.39. The molecule has 1 aliphatic heterocycles. The minimum absolute atomic E-state index is 0.0132. The van der Waals surface area contributed by atoms with Crippen LogP contribution in [0.3, 0.4) is 0 Å². The van der Waals surface area contributed by atoms with Gasteiger partial charge in [-0.2, -0.15) is 4.98 Å². The summed E-state index contributed by atoms with van der Waals surface area (Å²) in [6.07, 6.45) is 0.979. The quantitative estimate of drug-likeness (QED) is 0.803. The number of aryl methyl sites for hydroxylation is 1. The van der Waals surface area contributed by atoms with Crippen LogP contribution in [-0.2, 0) is 6.54 Å². The lowest BCUT2D eigenvalue weighted by Crippen LogP contribution is -2.24. The molecule has 1 fully saturated rings. The van der Waals surface area contributed by atoms with E-state index in [2.05, 4.69) is 20.0 Å². The van der Waals surface area contributed by atoms with Crippen molar-refractivity contribution in [3.63, 3.8) is 0 Å². The van der Waals surface area contributed by atoms with Crippen LogP contribution in [0.25, 0.3) is 10.9 Å². The van der Waals surface area contributed by atoms with Crippen molar-refractivity contribution in [2.24, 2.45) is 0 Å². The van der Waals surface area contributed by atoms with E-state index in [1.165, 1.54) is 0 Å². The number of fused-ring (bicyclic) bond motifs is 1. The summed E-state index contributed by atoms with van der Waals surface area (Å²) in [7, 11) is 0. The van der Waals surface area contributed by atoms with Gasteiger partial charge in [-0.3, -0.25) is 9.69 Å². The Bertz CT molecular complexity index is 899. The van der Waals surface area contributed by atoms with Crippen LogP contribution in [0.2, 0.25) is 0 Å². The van der Waals surface area contributed by atoms with E-state index in [1.54, 1.807) is 0 Å². The standard InChI is InChI=1S/C17H18N4O2/c1-11-18-17(23-20-11)13-6-7-21(9-13)10-14-8-12-4-2-3-5-15(12)19-16(14)22/h2-5,8,13H,6-7,9-10H2,1H3,(H,19,22)/t13-/m0/s1. The lowest BCUT2D eigenvalue weighted by atomic mass is 10.1. The summed E-state index contributed by atoms with van der Waals surface area (Å²) < 4.78 is 5.27. The van der Waals surface area contributed by atoms with E-state index in [4.69, 9.17) is 4.52 Å². The average Bonchev–Trinajstić information content (AvgIpc) is 3.17. The minimum Gasteiger partial charge on any atom is -0.339 e. The second-order valence-electron chi connectivity index (χ2n) is 6.11. The van der Waals surface area contributed by atoms with Gasteiger partial charge in [-0.05, 0) is 37.4 Å². The van der Waals surface area contributed by atoms with Crippen LogP contribution < -0.4 is 5.56 Å². The first kappa shape index (κ1) is 14.1. The smallest absolute Gasteiger partial charge is 0.252 e. The summed E-state index contributed by atoms with van der Waals surface area (Å²) in [5, 5.41) is 4.92. The van der Waals surface area contributed by atoms with E-state index in [1.807, 2.05) is 37.3 Å². The fraction of sp³-hybridized carbons (Fsp3) is 0.353. The van der Waals surface area contributed by atoms with Gasteiger partial charge in [0.1, 0.15) is 0 Å². The largest absolute Gasteiger partial charge is 0.339 e. The molecule has 0 saturated carbocycles. The molecule has 1 aliphatic rings. The van der Waals surface area contributed by atoms with Crippen molar-refractivity contribution in [3.05, 3.63) is 58.0 Å². The first-order chi connectivity index (χ1) is 11.2. The van der Waals surface area contributed by atoms with Crippen molar-refractivity contribution >= 4 is 10.9 Å². The number of likely N-dealkylation sites (tertiary alicyclic amines) is 1. The van der Waals surface area contributed by atoms with Crippen molar-refractivity contribution < 1.29 is 4.52 Å². The maximum absolute atomic E-state index is 12.3. The number of hydrogen-bond acceptors (Lipinski definition) is 5. The third kappa shape index (κ3) is 2.77. The number of para-hydroxylation sites is 1. The van der Waals surface area contributed by atoms with Gasteiger partial charge in [-0.25, -0.2) is 0 Å². The van der Waals surface area contributed by atoms with Gasteiger partial charge in [0.2, 0.25) is 5.89 Å². The zero-order chi connectivity index (χ0) is 15.8. The molecular weight excluding hydrogens is 292 g/mol. The maximum atomic E-state index is 12.3. The number of H-pyrrole nitrogens is 1. The SMILES string of the molecule is Cc1noc([C@H]2CCN(Cc3cc4ccccc4[nH]c3=O)C2)n1. The number of aromatic nitrogens is 3. The molecule has 0 amide bonds. The Hall–Kier alpha value is -2.47. The lowest BCUT2D eigenvalue weighted by molar-refractivity contribution is 0.308. The number of rotatable bonds is 3. The van der Waals surface area contributed by atoms with E-state index >= 15 is 0 Å².